The molecule has 1 atom stereocenters. The maximum absolute atomic E-state index is 13.4. The van der Waals surface area contributed by atoms with E-state index in [-0.39, 0.29) is 17.2 Å². The van der Waals surface area contributed by atoms with Gasteiger partial charge in [0.2, 0.25) is 0 Å². The van der Waals surface area contributed by atoms with Crippen molar-refractivity contribution in [2.45, 2.75) is 26.8 Å². The second kappa shape index (κ2) is 3.58. The van der Waals surface area contributed by atoms with Gasteiger partial charge in [-0.15, -0.1) is 0 Å². The van der Waals surface area contributed by atoms with Gasteiger partial charge in [0.05, 0.1) is 0 Å². The average molecular weight is 197 g/mol. The molecule has 0 spiro atoms. The van der Waals surface area contributed by atoms with Gasteiger partial charge in [0.25, 0.3) is 0 Å². The molecule has 1 aromatic rings. The van der Waals surface area contributed by atoms with Crippen LogP contribution < -0.4 is 5.73 Å². The number of phenolic OH excluding ortho intramolecular Hbond substituents is 1. The number of hydrogen-bond acceptors (Lipinski definition) is 2. The third kappa shape index (κ3) is 2.23. The van der Waals surface area contributed by atoms with Crippen LogP contribution in [0.25, 0.3) is 0 Å². The topological polar surface area (TPSA) is 46.2 Å². The van der Waals surface area contributed by atoms with Gasteiger partial charge in [0, 0.05) is 17.7 Å². The molecule has 0 aromatic heterocycles. The molecule has 0 unspecified atom stereocenters. The highest BCUT2D eigenvalue weighted by atomic mass is 19.1. The first-order chi connectivity index (χ1) is 6.32. The largest absolute Gasteiger partial charge is 0.508 e. The number of halogens is 1. The molecular formula is C11H16FNO. The number of rotatable bonds is 1. The minimum absolute atomic E-state index is 0.0765. The first-order valence-electron chi connectivity index (χ1n) is 4.56. The van der Waals surface area contributed by atoms with E-state index in [2.05, 4.69) is 0 Å². The number of hydrogen-bond donors (Lipinski definition) is 2. The van der Waals surface area contributed by atoms with Gasteiger partial charge in [0.1, 0.15) is 11.6 Å². The van der Waals surface area contributed by atoms with Crippen LogP contribution in [0.5, 0.6) is 5.75 Å². The number of aromatic hydroxyl groups is 1. The van der Waals surface area contributed by atoms with Gasteiger partial charge in [-0.1, -0.05) is 26.8 Å². The lowest BCUT2D eigenvalue weighted by Gasteiger charge is -2.27. The first-order valence-corrected chi connectivity index (χ1v) is 4.56. The van der Waals surface area contributed by atoms with E-state index in [9.17, 15) is 4.39 Å². The summed E-state index contributed by atoms with van der Waals surface area (Å²) >= 11 is 0. The van der Waals surface area contributed by atoms with Crippen molar-refractivity contribution in [3.63, 3.8) is 0 Å². The molecule has 14 heavy (non-hydrogen) atoms. The van der Waals surface area contributed by atoms with E-state index in [1.807, 2.05) is 20.8 Å². The van der Waals surface area contributed by atoms with Crippen LogP contribution in [0.15, 0.2) is 18.2 Å². The van der Waals surface area contributed by atoms with Crippen molar-refractivity contribution in [3.8, 4) is 5.75 Å². The predicted octanol–water partition coefficient (Wildman–Crippen LogP) is 2.58. The van der Waals surface area contributed by atoms with E-state index in [0.717, 1.165) is 6.07 Å². The zero-order valence-corrected chi connectivity index (χ0v) is 8.71. The van der Waals surface area contributed by atoms with Crippen molar-refractivity contribution < 1.29 is 9.50 Å². The highest BCUT2D eigenvalue weighted by molar-refractivity contribution is 5.30. The molecule has 0 aliphatic carbocycles. The minimum Gasteiger partial charge on any atom is -0.508 e. The molecule has 2 nitrogen and oxygen atoms in total. The second-order valence-electron chi connectivity index (χ2n) is 4.55. The smallest absolute Gasteiger partial charge is 0.131 e. The standard InChI is InChI=1S/C11H16FNO/c1-11(2,3)10(13)8-5-4-7(14)6-9(8)12/h4-6,10,14H,13H2,1-3H3/t10-/m0/s1. The van der Waals surface area contributed by atoms with Gasteiger partial charge >= 0.3 is 0 Å². The Balaban J connectivity index is 3.08. The van der Waals surface area contributed by atoms with Gasteiger partial charge in [0.15, 0.2) is 0 Å². The Morgan fingerprint density at radius 3 is 2.36 bits per heavy atom. The van der Waals surface area contributed by atoms with Gasteiger partial charge in [-0.2, -0.15) is 0 Å². The maximum Gasteiger partial charge on any atom is 0.131 e. The van der Waals surface area contributed by atoms with Crippen molar-refractivity contribution in [2.24, 2.45) is 11.1 Å². The fourth-order valence-electron chi connectivity index (χ4n) is 1.23. The highest BCUT2D eigenvalue weighted by Crippen LogP contribution is 2.32. The molecule has 78 valence electrons. The zero-order valence-electron chi connectivity index (χ0n) is 8.71. The average Bonchev–Trinajstić information content (AvgIpc) is 2.01. The lowest BCUT2D eigenvalue weighted by Crippen LogP contribution is -2.27. The number of nitrogens with two attached hydrogens (primary N) is 1. The van der Waals surface area contributed by atoms with Gasteiger partial charge in [-0.25, -0.2) is 4.39 Å². The normalized spacial score (nSPS) is 14.1. The van der Waals surface area contributed by atoms with Crippen molar-refractivity contribution in [2.75, 3.05) is 0 Å². The highest BCUT2D eigenvalue weighted by Gasteiger charge is 2.24. The summed E-state index contributed by atoms with van der Waals surface area (Å²) in [7, 11) is 0. The lowest BCUT2D eigenvalue weighted by atomic mass is 9.83. The van der Waals surface area contributed by atoms with Gasteiger partial charge < -0.3 is 10.8 Å². The molecule has 0 fully saturated rings. The molecule has 0 radical (unpaired) electrons. The Bertz CT molecular complexity index is 331. The minimum atomic E-state index is -0.451. The molecule has 0 bridgehead atoms. The first kappa shape index (κ1) is 11.0. The zero-order chi connectivity index (χ0) is 10.9. The summed E-state index contributed by atoms with van der Waals surface area (Å²) in [6.45, 7) is 5.85. The van der Waals surface area contributed by atoms with Crippen LogP contribution in [-0.4, -0.2) is 5.11 Å². The fourth-order valence-corrected chi connectivity index (χ4v) is 1.23. The Labute approximate surface area is 83.6 Å². The number of phenols is 1. The van der Waals surface area contributed by atoms with Crippen LogP contribution in [0.4, 0.5) is 4.39 Å². The summed E-state index contributed by atoms with van der Waals surface area (Å²) in [6, 6.07) is 3.69. The van der Waals surface area contributed by atoms with E-state index in [4.69, 9.17) is 10.8 Å². The van der Waals surface area contributed by atoms with Crippen LogP contribution in [0, 0.1) is 11.2 Å². The van der Waals surface area contributed by atoms with Crippen LogP contribution in [0.1, 0.15) is 32.4 Å². The molecule has 1 aromatic carbocycles. The Morgan fingerprint density at radius 1 is 1.36 bits per heavy atom. The van der Waals surface area contributed by atoms with Crippen molar-refractivity contribution in [1.29, 1.82) is 0 Å². The molecule has 0 saturated heterocycles. The maximum atomic E-state index is 13.4. The molecule has 3 N–H and O–H groups in total. The van der Waals surface area contributed by atoms with Gasteiger partial charge in [-0.3, -0.25) is 0 Å². The summed E-state index contributed by atoms with van der Waals surface area (Å²) in [5, 5.41) is 9.04. The van der Waals surface area contributed by atoms with Crippen LogP contribution in [-0.2, 0) is 0 Å². The number of benzene rings is 1. The summed E-state index contributed by atoms with van der Waals surface area (Å²) in [5.74, 6) is -0.528. The monoisotopic (exact) mass is 197 g/mol. The van der Waals surface area contributed by atoms with E-state index in [1.54, 1.807) is 0 Å². The van der Waals surface area contributed by atoms with E-state index in [1.165, 1.54) is 12.1 Å². The Kier molecular flexibility index (Phi) is 2.81. The van der Waals surface area contributed by atoms with E-state index < -0.39 is 5.82 Å². The Morgan fingerprint density at radius 2 is 1.93 bits per heavy atom. The SMILES string of the molecule is CC(C)(C)[C@@H](N)c1ccc(O)cc1F. The second-order valence-corrected chi connectivity index (χ2v) is 4.55. The third-order valence-electron chi connectivity index (χ3n) is 2.25. The van der Waals surface area contributed by atoms with Crippen LogP contribution in [0.2, 0.25) is 0 Å². The van der Waals surface area contributed by atoms with Crippen LogP contribution in [0.3, 0.4) is 0 Å². The molecule has 0 heterocycles. The van der Waals surface area contributed by atoms with E-state index >= 15 is 0 Å². The predicted molar refractivity (Wildman–Crippen MR) is 54.4 cm³/mol. The summed E-state index contributed by atoms with van der Waals surface area (Å²) in [6.07, 6.45) is 0. The van der Waals surface area contributed by atoms with Gasteiger partial charge in [-0.05, 0) is 11.5 Å². The van der Waals surface area contributed by atoms with Crippen molar-refractivity contribution >= 4 is 0 Å². The Hall–Kier alpha value is -1.09. The van der Waals surface area contributed by atoms with Crippen molar-refractivity contribution in [3.05, 3.63) is 29.6 Å². The fraction of sp³-hybridized carbons (Fsp3) is 0.455. The summed E-state index contributed by atoms with van der Waals surface area (Å²) in [5.41, 5.74) is 6.14. The van der Waals surface area contributed by atoms with Crippen LogP contribution >= 0.6 is 0 Å². The lowest BCUT2D eigenvalue weighted by molar-refractivity contribution is 0.318. The molecule has 3 heteroatoms. The summed E-state index contributed by atoms with van der Waals surface area (Å²) < 4.78 is 13.4. The summed E-state index contributed by atoms with van der Waals surface area (Å²) in [4.78, 5) is 0. The molecule has 1 rings (SSSR count). The van der Waals surface area contributed by atoms with E-state index in [0.29, 0.717) is 5.56 Å². The molecule has 0 aliphatic rings. The molecular weight excluding hydrogens is 181 g/mol. The quantitative estimate of drug-likeness (QED) is 0.726. The van der Waals surface area contributed by atoms with Crippen molar-refractivity contribution in [1.82, 2.24) is 0 Å². The molecule has 0 amide bonds. The third-order valence-corrected chi connectivity index (χ3v) is 2.25. The molecule has 0 aliphatic heterocycles. The molecule has 0 saturated carbocycles.